The van der Waals surface area contributed by atoms with Crippen LogP contribution >= 0.6 is 0 Å². The van der Waals surface area contributed by atoms with Crippen molar-refractivity contribution in [2.24, 2.45) is 11.7 Å². The maximum Gasteiger partial charge on any atom is 0.254 e. The molecule has 170 valence electrons. The highest BCUT2D eigenvalue weighted by atomic mass is 16.2. The fourth-order valence-corrected chi connectivity index (χ4v) is 4.42. The van der Waals surface area contributed by atoms with Crippen LogP contribution in [0.2, 0.25) is 0 Å². The third kappa shape index (κ3) is 5.05. The SMILES string of the molecule is [C-]#[N+]CC1(n2cc(C(N)=O)c(NC(=O)C3CC3)n2)CCC(NCc2cccc([N+]#[C-])c2)CC1. The molecule has 9 nitrogen and oxygen atoms in total. The maximum absolute atomic E-state index is 12.2. The van der Waals surface area contributed by atoms with Gasteiger partial charge >= 0.3 is 0 Å². The zero-order valence-corrected chi connectivity index (χ0v) is 18.4. The number of aromatic nitrogens is 2. The Morgan fingerprint density at radius 2 is 1.97 bits per heavy atom. The highest BCUT2D eigenvalue weighted by Crippen LogP contribution is 2.37. The van der Waals surface area contributed by atoms with Crippen molar-refractivity contribution in [1.82, 2.24) is 15.1 Å². The third-order valence-corrected chi connectivity index (χ3v) is 6.58. The van der Waals surface area contributed by atoms with Gasteiger partial charge in [0.25, 0.3) is 5.91 Å². The van der Waals surface area contributed by atoms with E-state index in [2.05, 4.69) is 25.4 Å². The lowest BCUT2D eigenvalue weighted by molar-refractivity contribution is -0.117. The molecular formula is C24H27N7O2. The summed E-state index contributed by atoms with van der Waals surface area (Å²) in [6.07, 6.45) is 6.38. The van der Waals surface area contributed by atoms with Gasteiger partial charge in [-0.2, -0.15) is 5.10 Å². The molecule has 4 N–H and O–H groups in total. The summed E-state index contributed by atoms with van der Waals surface area (Å²) in [5, 5.41) is 10.8. The van der Waals surface area contributed by atoms with E-state index in [4.69, 9.17) is 18.9 Å². The second kappa shape index (κ2) is 9.43. The molecule has 0 unspecified atom stereocenters. The number of nitrogens with zero attached hydrogens (tertiary/aromatic N) is 4. The Balaban J connectivity index is 1.46. The molecule has 2 aliphatic carbocycles. The third-order valence-electron chi connectivity index (χ3n) is 6.58. The summed E-state index contributed by atoms with van der Waals surface area (Å²) in [6.45, 7) is 15.6. The highest BCUT2D eigenvalue weighted by Gasteiger charge is 2.42. The van der Waals surface area contributed by atoms with Crippen LogP contribution in [0.4, 0.5) is 11.5 Å². The number of carbonyl (C=O) groups excluding carboxylic acids is 2. The topological polar surface area (TPSA) is 111 Å². The molecule has 1 aromatic heterocycles. The van der Waals surface area contributed by atoms with E-state index in [-0.39, 0.29) is 35.8 Å². The van der Waals surface area contributed by atoms with Gasteiger partial charge in [0.05, 0.1) is 6.57 Å². The van der Waals surface area contributed by atoms with E-state index in [0.717, 1.165) is 31.2 Å². The predicted molar refractivity (Wildman–Crippen MR) is 123 cm³/mol. The van der Waals surface area contributed by atoms with E-state index in [1.54, 1.807) is 16.9 Å². The molecule has 0 saturated heterocycles. The molecule has 0 aliphatic heterocycles. The summed E-state index contributed by atoms with van der Waals surface area (Å²) in [5.41, 5.74) is 6.87. The first-order chi connectivity index (χ1) is 15.9. The Labute approximate surface area is 193 Å². The molecule has 1 aromatic carbocycles. The van der Waals surface area contributed by atoms with Crippen LogP contribution in [0.25, 0.3) is 9.69 Å². The van der Waals surface area contributed by atoms with Crippen molar-refractivity contribution in [2.75, 3.05) is 11.9 Å². The van der Waals surface area contributed by atoms with Gasteiger partial charge in [0, 0.05) is 24.7 Å². The van der Waals surface area contributed by atoms with Crippen molar-refractivity contribution in [1.29, 1.82) is 0 Å². The average molecular weight is 446 g/mol. The maximum atomic E-state index is 12.2. The summed E-state index contributed by atoms with van der Waals surface area (Å²) in [5.74, 6) is -0.631. The lowest BCUT2D eigenvalue weighted by Gasteiger charge is -2.37. The minimum atomic E-state index is -0.651. The van der Waals surface area contributed by atoms with Crippen LogP contribution in [-0.4, -0.2) is 34.2 Å². The molecule has 0 atom stereocenters. The van der Waals surface area contributed by atoms with E-state index in [1.807, 2.05) is 18.2 Å². The number of hydrogen-bond acceptors (Lipinski definition) is 4. The number of nitrogens with one attached hydrogen (secondary N) is 2. The van der Waals surface area contributed by atoms with Crippen LogP contribution in [0, 0.1) is 19.1 Å². The number of rotatable bonds is 8. The number of anilines is 1. The first-order valence-electron chi connectivity index (χ1n) is 11.2. The minimum Gasteiger partial charge on any atom is -0.365 e. The Kier molecular flexibility index (Phi) is 6.43. The number of hydrogen-bond donors (Lipinski definition) is 3. The largest absolute Gasteiger partial charge is 0.365 e. The molecule has 2 aliphatic rings. The monoisotopic (exact) mass is 445 g/mol. The summed E-state index contributed by atoms with van der Waals surface area (Å²) in [7, 11) is 0. The predicted octanol–water partition coefficient (Wildman–Crippen LogP) is 3.23. The first-order valence-corrected chi connectivity index (χ1v) is 11.2. The van der Waals surface area contributed by atoms with Gasteiger partial charge in [-0.1, -0.05) is 24.3 Å². The lowest BCUT2D eigenvalue weighted by Crippen LogP contribution is -2.45. The van der Waals surface area contributed by atoms with Crippen molar-refractivity contribution in [3.63, 3.8) is 0 Å². The molecule has 9 heteroatoms. The zero-order chi connectivity index (χ0) is 23.4. The molecule has 2 fully saturated rings. The molecule has 0 radical (unpaired) electrons. The summed E-state index contributed by atoms with van der Waals surface area (Å²) >= 11 is 0. The van der Waals surface area contributed by atoms with Crippen molar-refractivity contribution in [3.05, 3.63) is 64.4 Å². The van der Waals surface area contributed by atoms with Crippen LogP contribution in [0.1, 0.15) is 54.4 Å². The number of nitrogens with two attached hydrogens (primary N) is 1. The molecule has 33 heavy (non-hydrogen) atoms. The summed E-state index contributed by atoms with van der Waals surface area (Å²) in [6, 6.07) is 7.85. The van der Waals surface area contributed by atoms with Gasteiger partial charge < -0.3 is 21.2 Å². The standard InChI is InChI=1S/C24H27N7O2/c1-26-15-24(31-14-20(21(25)32)22(30-31)29-23(33)17-6-7-17)10-8-18(9-11-24)28-13-16-4-3-5-19(12-16)27-2/h3-5,12,14,17-18,28H,6-11,13,15H2,(H2,25,32)(H,29,30,33). The molecular weight excluding hydrogens is 418 g/mol. The quantitative estimate of drug-likeness (QED) is 0.542. The van der Waals surface area contributed by atoms with Gasteiger partial charge in [-0.25, -0.2) is 11.4 Å². The van der Waals surface area contributed by atoms with E-state index in [0.29, 0.717) is 25.1 Å². The van der Waals surface area contributed by atoms with Crippen molar-refractivity contribution >= 4 is 23.3 Å². The molecule has 2 aromatic rings. The van der Waals surface area contributed by atoms with Crippen LogP contribution in [0.3, 0.4) is 0 Å². The van der Waals surface area contributed by atoms with Crippen LogP contribution in [0.15, 0.2) is 30.5 Å². The van der Waals surface area contributed by atoms with E-state index in [9.17, 15) is 9.59 Å². The van der Waals surface area contributed by atoms with E-state index in [1.165, 1.54) is 0 Å². The van der Waals surface area contributed by atoms with E-state index < -0.39 is 11.4 Å². The van der Waals surface area contributed by atoms with Crippen molar-refractivity contribution in [2.45, 2.75) is 56.7 Å². The van der Waals surface area contributed by atoms with Gasteiger partial charge in [-0.05, 0) is 44.1 Å². The number of primary amides is 1. The Bertz CT molecular complexity index is 1130. The fraction of sp³-hybridized carbons (Fsp3) is 0.458. The zero-order valence-electron chi connectivity index (χ0n) is 18.4. The minimum absolute atomic E-state index is 0.0231. The van der Waals surface area contributed by atoms with Gasteiger partial charge in [-0.15, -0.1) is 0 Å². The van der Waals surface area contributed by atoms with E-state index >= 15 is 0 Å². The van der Waals surface area contributed by atoms with Crippen molar-refractivity contribution < 1.29 is 9.59 Å². The summed E-state index contributed by atoms with van der Waals surface area (Å²) < 4.78 is 1.68. The average Bonchev–Trinajstić information content (AvgIpc) is 3.59. The molecule has 2 saturated carbocycles. The van der Waals surface area contributed by atoms with Gasteiger partial charge in [0.15, 0.2) is 11.5 Å². The van der Waals surface area contributed by atoms with Crippen LogP contribution in [-0.2, 0) is 16.9 Å². The molecule has 2 amide bonds. The second-order valence-electron chi connectivity index (χ2n) is 8.94. The normalized spacial score (nSPS) is 22.2. The smallest absolute Gasteiger partial charge is 0.254 e. The first kappa shape index (κ1) is 22.5. The Morgan fingerprint density at radius 1 is 1.21 bits per heavy atom. The van der Waals surface area contributed by atoms with Gasteiger partial charge in [-0.3, -0.25) is 14.3 Å². The fourth-order valence-electron chi connectivity index (χ4n) is 4.42. The number of amides is 2. The second-order valence-corrected chi connectivity index (χ2v) is 8.94. The number of benzene rings is 1. The van der Waals surface area contributed by atoms with Gasteiger partial charge in [0.1, 0.15) is 11.1 Å². The van der Waals surface area contributed by atoms with Crippen LogP contribution < -0.4 is 16.4 Å². The molecule has 1 heterocycles. The molecule has 0 spiro atoms. The lowest BCUT2D eigenvalue weighted by atomic mass is 9.79. The number of carbonyl (C=O) groups is 2. The van der Waals surface area contributed by atoms with Gasteiger partial charge in [0.2, 0.25) is 12.5 Å². The molecule has 4 rings (SSSR count). The summed E-state index contributed by atoms with van der Waals surface area (Å²) in [4.78, 5) is 31.4. The highest BCUT2D eigenvalue weighted by molar-refractivity contribution is 6.02. The molecule has 0 bridgehead atoms. The Hall–Kier alpha value is -3.69. The Morgan fingerprint density at radius 3 is 2.61 bits per heavy atom. The van der Waals surface area contributed by atoms with Crippen LogP contribution in [0.5, 0.6) is 0 Å². The van der Waals surface area contributed by atoms with Crippen molar-refractivity contribution in [3.8, 4) is 0 Å².